The molecule has 98 valence electrons. The van der Waals surface area contributed by atoms with Crippen LogP contribution in [0.4, 0.5) is 0 Å². The van der Waals surface area contributed by atoms with Gasteiger partial charge in [0, 0.05) is 17.8 Å². The number of methoxy groups -OCH3 is 1. The number of halogens is 1. The van der Waals surface area contributed by atoms with Gasteiger partial charge in [-0.25, -0.2) is 0 Å². The molecule has 0 spiro atoms. The lowest BCUT2D eigenvalue weighted by atomic mass is 9.97. The van der Waals surface area contributed by atoms with E-state index in [-0.39, 0.29) is 11.9 Å². The highest BCUT2D eigenvalue weighted by Gasteiger charge is 2.25. The zero-order chi connectivity index (χ0) is 13.0. The van der Waals surface area contributed by atoms with Gasteiger partial charge in [-0.1, -0.05) is 11.6 Å². The first-order valence-electron chi connectivity index (χ1n) is 6.09. The van der Waals surface area contributed by atoms with E-state index < -0.39 is 0 Å². The topological polar surface area (TPSA) is 42.4 Å². The standard InChI is InChI=1S/C13H17ClN2O2/c1-18-13(17)10-3-6-16(7-4-10)9-12-8-11(14)2-5-15-12/h2,5,8,10H,3-4,6-7,9H2,1H3. The number of esters is 1. The lowest BCUT2D eigenvalue weighted by Gasteiger charge is -2.30. The van der Waals surface area contributed by atoms with E-state index in [2.05, 4.69) is 9.88 Å². The summed E-state index contributed by atoms with van der Waals surface area (Å²) in [5, 5.41) is 0.712. The predicted octanol–water partition coefficient (Wildman–Crippen LogP) is 2.12. The summed E-state index contributed by atoms with van der Waals surface area (Å²) in [6.45, 7) is 2.58. The summed E-state index contributed by atoms with van der Waals surface area (Å²) in [5.41, 5.74) is 0.971. The smallest absolute Gasteiger partial charge is 0.308 e. The van der Waals surface area contributed by atoms with E-state index in [0.29, 0.717) is 5.02 Å². The molecule has 1 saturated heterocycles. The molecule has 0 unspecified atom stereocenters. The van der Waals surface area contributed by atoms with E-state index in [4.69, 9.17) is 16.3 Å². The van der Waals surface area contributed by atoms with Crippen LogP contribution in [-0.2, 0) is 16.1 Å². The second kappa shape index (κ2) is 6.16. The largest absolute Gasteiger partial charge is 0.469 e. The molecular formula is C13H17ClN2O2. The van der Waals surface area contributed by atoms with Crippen molar-refractivity contribution in [2.75, 3.05) is 20.2 Å². The van der Waals surface area contributed by atoms with Crippen LogP contribution in [0.2, 0.25) is 5.02 Å². The third-order valence-electron chi connectivity index (χ3n) is 3.29. The Labute approximate surface area is 112 Å². The maximum Gasteiger partial charge on any atom is 0.308 e. The van der Waals surface area contributed by atoms with E-state index in [1.807, 2.05) is 6.07 Å². The highest BCUT2D eigenvalue weighted by Crippen LogP contribution is 2.20. The average Bonchev–Trinajstić information content (AvgIpc) is 2.39. The number of piperidine rings is 1. The molecule has 0 aliphatic carbocycles. The van der Waals surface area contributed by atoms with Gasteiger partial charge in [-0.05, 0) is 38.1 Å². The van der Waals surface area contributed by atoms with Crippen molar-refractivity contribution in [2.45, 2.75) is 19.4 Å². The van der Waals surface area contributed by atoms with Crippen molar-refractivity contribution in [1.29, 1.82) is 0 Å². The van der Waals surface area contributed by atoms with Crippen molar-refractivity contribution in [3.05, 3.63) is 29.0 Å². The van der Waals surface area contributed by atoms with Gasteiger partial charge in [0.15, 0.2) is 0 Å². The van der Waals surface area contributed by atoms with Gasteiger partial charge in [-0.3, -0.25) is 14.7 Å². The summed E-state index contributed by atoms with van der Waals surface area (Å²) in [7, 11) is 1.45. The summed E-state index contributed by atoms with van der Waals surface area (Å²) >= 11 is 5.93. The molecule has 0 N–H and O–H groups in total. The summed E-state index contributed by atoms with van der Waals surface area (Å²) < 4.78 is 4.77. The van der Waals surface area contributed by atoms with Crippen molar-refractivity contribution < 1.29 is 9.53 Å². The Bertz CT molecular complexity index is 417. The Hall–Kier alpha value is -1.13. The van der Waals surface area contributed by atoms with Crippen LogP contribution < -0.4 is 0 Å². The molecule has 1 aromatic heterocycles. The highest BCUT2D eigenvalue weighted by atomic mass is 35.5. The number of ether oxygens (including phenoxy) is 1. The number of nitrogens with zero attached hydrogens (tertiary/aromatic N) is 2. The highest BCUT2D eigenvalue weighted by molar-refractivity contribution is 6.30. The van der Waals surface area contributed by atoms with E-state index in [9.17, 15) is 4.79 Å². The van der Waals surface area contributed by atoms with E-state index >= 15 is 0 Å². The van der Waals surface area contributed by atoms with Crippen LogP contribution in [0.3, 0.4) is 0 Å². The molecular weight excluding hydrogens is 252 g/mol. The van der Waals surface area contributed by atoms with E-state index in [1.54, 1.807) is 12.3 Å². The Balaban J connectivity index is 1.85. The number of hydrogen-bond acceptors (Lipinski definition) is 4. The number of likely N-dealkylation sites (tertiary alicyclic amines) is 1. The molecule has 0 saturated carbocycles. The van der Waals surface area contributed by atoms with Crippen molar-refractivity contribution >= 4 is 17.6 Å². The summed E-state index contributed by atoms with van der Waals surface area (Å²) in [5.74, 6) is -0.0332. The minimum atomic E-state index is -0.0875. The molecule has 1 fully saturated rings. The molecule has 0 bridgehead atoms. The molecule has 1 aliphatic heterocycles. The third-order valence-corrected chi connectivity index (χ3v) is 3.52. The average molecular weight is 269 g/mol. The van der Waals surface area contributed by atoms with Crippen molar-refractivity contribution in [3.63, 3.8) is 0 Å². The first-order valence-corrected chi connectivity index (χ1v) is 6.47. The lowest BCUT2D eigenvalue weighted by Crippen LogP contribution is -2.36. The summed E-state index contributed by atoms with van der Waals surface area (Å²) in [4.78, 5) is 18.0. The van der Waals surface area contributed by atoms with Crippen LogP contribution in [0, 0.1) is 5.92 Å². The van der Waals surface area contributed by atoms with Crippen LogP contribution in [-0.4, -0.2) is 36.1 Å². The van der Waals surface area contributed by atoms with Gasteiger partial charge in [0.2, 0.25) is 0 Å². The van der Waals surface area contributed by atoms with Crippen LogP contribution in [0.25, 0.3) is 0 Å². The second-order valence-corrected chi connectivity index (χ2v) is 4.98. The molecule has 0 aromatic carbocycles. The van der Waals surface area contributed by atoms with Gasteiger partial charge in [0.25, 0.3) is 0 Å². The van der Waals surface area contributed by atoms with Crippen molar-refractivity contribution in [1.82, 2.24) is 9.88 Å². The molecule has 1 aliphatic rings. The number of rotatable bonds is 3. The number of aromatic nitrogens is 1. The fourth-order valence-corrected chi connectivity index (χ4v) is 2.44. The van der Waals surface area contributed by atoms with E-state index in [0.717, 1.165) is 38.2 Å². The Morgan fingerprint density at radius 2 is 2.28 bits per heavy atom. The number of hydrogen-bond donors (Lipinski definition) is 0. The molecule has 4 nitrogen and oxygen atoms in total. The Morgan fingerprint density at radius 1 is 1.56 bits per heavy atom. The van der Waals surface area contributed by atoms with Gasteiger partial charge in [-0.2, -0.15) is 0 Å². The van der Waals surface area contributed by atoms with Crippen LogP contribution >= 0.6 is 11.6 Å². The minimum Gasteiger partial charge on any atom is -0.469 e. The van der Waals surface area contributed by atoms with Gasteiger partial charge in [-0.15, -0.1) is 0 Å². The third kappa shape index (κ3) is 3.43. The molecule has 2 rings (SSSR count). The van der Waals surface area contributed by atoms with Gasteiger partial charge >= 0.3 is 5.97 Å². The lowest BCUT2D eigenvalue weighted by molar-refractivity contribution is -0.147. The zero-order valence-electron chi connectivity index (χ0n) is 10.4. The van der Waals surface area contributed by atoms with Gasteiger partial charge in [0.05, 0.1) is 18.7 Å². The zero-order valence-corrected chi connectivity index (χ0v) is 11.2. The molecule has 5 heteroatoms. The molecule has 18 heavy (non-hydrogen) atoms. The molecule has 0 radical (unpaired) electrons. The summed E-state index contributed by atoms with van der Waals surface area (Å²) in [6, 6.07) is 3.66. The SMILES string of the molecule is COC(=O)C1CCN(Cc2cc(Cl)ccn2)CC1. The van der Waals surface area contributed by atoms with Crippen molar-refractivity contribution in [3.8, 4) is 0 Å². The van der Waals surface area contributed by atoms with Crippen molar-refractivity contribution in [2.24, 2.45) is 5.92 Å². The van der Waals surface area contributed by atoms with E-state index in [1.165, 1.54) is 7.11 Å². The molecule has 1 aromatic rings. The maximum absolute atomic E-state index is 11.4. The molecule has 0 amide bonds. The second-order valence-electron chi connectivity index (χ2n) is 4.54. The molecule has 0 atom stereocenters. The fraction of sp³-hybridized carbons (Fsp3) is 0.538. The maximum atomic E-state index is 11.4. The number of carbonyl (C=O) groups is 1. The quantitative estimate of drug-likeness (QED) is 0.788. The Kier molecular flexibility index (Phi) is 4.55. The first-order chi connectivity index (χ1) is 8.69. The van der Waals surface area contributed by atoms with Crippen LogP contribution in [0.5, 0.6) is 0 Å². The minimum absolute atomic E-state index is 0.0542. The van der Waals surface area contributed by atoms with Crippen LogP contribution in [0.1, 0.15) is 18.5 Å². The van der Waals surface area contributed by atoms with Crippen LogP contribution in [0.15, 0.2) is 18.3 Å². The summed E-state index contributed by atoms with van der Waals surface area (Å²) in [6.07, 6.45) is 3.43. The normalized spacial score (nSPS) is 17.7. The number of pyridine rings is 1. The van der Waals surface area contributed by atoms with Gasteiger partial charge < -0.3 is 4.74 Å². The first kappa shape index (κ1) is 13.3. The van der Waals surface area contributed by atoms with Gasteiger partial charge in [0.1, 0.15) is 0 Å². The number of carbonyl (C=O) groups excluding carboxylic acids is 1. The monoisotopic (exact) mass is 268 g/mol. The Morgan fingerprint density at radius 3 is 2.89 bits per heavy atom. The predicted molar refractivity (Wildman–Crippen MR) is 69.3 cm³/mol. The fourth-order valence-electron chi connectivity index (χ4n) is 2.26. The molecule has 2 heterocycles.